The van der Waals surface area contributed by atoms with Crippen LogP contribution in [0.5, 0.6) is 0 Å². The zero-order valence-electron chi connectivity index (χ0n) is 7.35. The number of carboxylic acid groups (broad SMARTS) is 1. The molecular formula is C9H15ClO2. The Balaban J connectivity index is 3.49. The van der Waals surface area contributed by atoms with Gasteiger partial charge in [0.05, 0.1) is 6.42 Å². The Morgan fingerprint density at radius 3 is 2.67 bits per heavy atom. The average Bonchev–Trinajstić information content (AvgIpc) is 2.01. The van der Waals surface area contributed by atoms with Gasteiger partial charge < -0.3 is 5.11 Å². The summed E-state index contributed by atoms with van der Waals surface area (Å²) in [6.07, 6.45) is 5.76. The fourth-order valence-corrected chi connectivity index (χ4v) is 1.05. The van der Waals surface area contributed by atoms with Gasteiger partial charge in [0, 0.05) is 5.03 Å². The third kappa shape index (κ3) is 7.61. The lowest BCUT2D eigenvalue weighted by atomic mass is 10.2. The summed E-state index contributed by atoms with van der Waals surface area (Å²) in [6.45, 7) is 2.12. The number of unbranched alkanes of at least 4 members (excludes halogenated alkanes) is 2. The standard InChI is InChI=1S/C9H15ClO2/c1-2-3-4-5-8(10)6-7-9(11)12/h6H,2-5,7H2,1H3,(H,11,12). The van der Waals surface area contributed by atoms with Crippen LogP contribution < -0.4 is 0 Å². The highest BCUT2D eigenvalue weighted by atomic mass is 35.5. The van der Waals surface area contributed by atoms with Crippen LogP contribution >= 0.6 is 11.6 Å². The quantitative estimate of drug-likeness (QED) is 0.654. The second-order valence-electron chi connectivity index (χ2n) is 2.71. The molecule has 0 aliphatic rings. The second-order valence-corrected chi connectivity index (χ2v) is 3.19. The smallest absolute Gasteiger partial charge is 0.307 e. The van der Waals surface area contributed by atoms with E-state index in [0.29, 0.717) is 5.03 Å². The Hall–Kier alpha value is -0.500. The number of rotatable bonds is 6. The van der Waals surface area contributed by atoms with E-state index in [1.807, 2.05) is 0 Å². The molecule has 0 aromatic rings. The summed E-state index contributed by atoms with van der Waals surface area (Å²) in [5.41, 5.74) is 0. The first kappa shape index (κ1) is 11.5. The van der Waals surface area contributed by atoms with Crippen molar-refractivity contribution < 1.29 is 9.90 Å². The summed E-state index contributed by atoms with van der Waals surface area (Å²) in [4.78, 5) is 10.1. The van der Waals surface area contributed by atoms with Gasteiger partial charge in [0.25, 0.3) is 0 Å². The Labute approximate surface area is 78.2 Å². The van der Waals surface area contributed by atoms with Crippen LogP contribution in [0.25, 0.3) is 0 Å². The van der Waals surface area contributed by atoms with Crippen LogP contribution in [0, 0.1) is 0 Å². The molecule has 0 fully saturated rings. The maximum absolute atomic E-state index is 10.1. The van der Waals surface area contributed by atoms with E-state index in [4.69, 9.17) is 16.7 Å². The zero-order valence-corrected chi connectivity index (χ0v) is 8.10. The van der Waals surface area contributed by atoms with Gasteiger partial charge in [0.1, 0.15) is 0 Å². The van der Waals surface area contributed by atoms with Gasteiger partial charge in [-0.3, -0.25) is 4.79 Å². The molecule has 1 N–H and O–H groups in total. The Kier molecular flexibility index (Phi) is 6.87. The maximum Gasteiger partial charge on any atom is 0.307 e. The third-order valence-electron chi connectivity index (χ3n) is 1.52. The molecule has 0 radical (unpaired) electrons. The van der Waals surface area contributed by atoms with Gasteiger partial charge in [-0.25, -0.2) is 0 Å². The van der Waals surface area contributed by atoms with Gasteiger partial charge in [-0.15, -0.1) is 0 Å². The molecule has 2 nitrogen and oxygen atoms in total. The summed E-state index contributed by atoms with van der Waals surface area (Å²) in [5.74, 6) is -0.830. The molecule has 0 amide bonds. The lowest BCUT2D eigenvalue weighted by molar-refractivity contribution is -0.136. The number of hydrogen-bond acceptors (Lipinski definition) is 1. The van der Waals surface area contributed by atoms with Gasteiger partial charge in [0.15, 0.2) is 0 Å². The van der Waals surface area contributed by atoms with Gasteiger partial charge in [-0.05, 0) is 12.8 Å². The number of carboxylic acids is 1. The Morgan fingerprint density at radius 2 is 2.17 bits per heavy atom. The molecule has 3 heteroatoms. The van der Waals surface area contributed by atoms with E-state index in [9.17, 15) is 4.79 Å². The number of hydrogen-bond donors (Lipinski definition) is 1. The summed E-state index contributed by atoms with van der Waals surface area (Å²) in [7, 11) is 0. The molecule has 0 spiro atoms. The summed E-state index contributed by atoms with van der Waals surface area (Å²) >= 11 is 5.76. The van der Waals surface area contributed by atoms with Crippen LogP contribution in [0.15, 0.2) is 11.1 Å². The minimum atomic E-state index is -0.830. The van der Waals surface area contributed by atoms with E-state index in [0.717, 1.165) is 25.7 Å². The highest BCUT2D eigenvalue weighted by Crippen LogP contribution is 2.13. The molecule has 0 aromatic heterocycles. The lowest BCUT2D eigenvalue weighted by Crippen LogP contribution is -1.90. The minimum absolute atomic E-state index is 0.0327. The van der Waals surface area contributed by atoms with Crippen molar-refractivity contribution in [3.05, 3.63) is 11.1 Å². The first-order chi connectivity index (χ1) is 5.66. The SMILES string of the molecule is CCCCCC(Cl)=CCC(=O)O. The molecule has 0 rings (SSSR count). The van der Waals surface area contributed by atoms with Crippen LogP contribution in [0.4, 0.5) is 0 Å². The van der Waals surface area contributed by atoms with Crippen LogP contribution in [0.1, 0.15) is 39.0 Å². The van der Waals surface area contributed by atoms with E-state index in [1.54, 1.807) is 6.08 Å². The predicted octanol–water partition coefficient (Wildman–Crippen LogP) is 3.16. The van der Waals surface area contributed by atoms with Gasteiger partial charge in [0.2, 0.25) is 0 Å². The van der Waals surface area contributed by atoms with Crippen molar-refractivity contribution in [2.75, 3.05) is 0 Å². The molecule has 0 saturated heterocycles. The molecule has 0 unspecified atom stereocenters. The number of carbonyl (C=O) groups is 1. The van der Waals surface area contributed by atoms with Crippen molar-refractivity contribution in [2.24, 2.45) is 0 Å². The molecule has 0 aliphatic carbocycles. The molecule has 0 saturated carbocycles. The average molecular weight is 191 g/mol. The molecule has 0 bridgehead atoms. The summed E-state index contributed by atoms with van der Waals surface area (Å²) in [6, 6.07) is 0. The van der Waals surface area contributed by atoms with Gasteiger partial charge in [-0.1, -0.05) is 37.4 Å². The third-order valence-corrected chi connectivity index (χ3v) is 1.86. The lowest BCUT2D eigenvalue weighted by Gasteiger charge is -1.96. The highest BCUT2D eigenvalue weighted by Gasteiger charge is 1.95. The van der Waals surface area contributed by atoms with E-state index in [1.165, 1.54) is 0 Å². The van der Waals surface area contributed by atoms with Crippen molar-refractivity contribution in [1.29, 1.82) is 0 Å². The summed E-state index contributed by atoms with van der Waals surface area (Å²) < 4.78 is 0. The molecule has 0 heterocycles. The first-order valence-corrected chi connectivity index (χ1v) is 4.61. The Morgan fingerprint density at radius 1 is 1.50 bits per heavy atom. The predicted molar refractivity (Wildman–Crippen MR) is 50.3 cm³/mol. The van der Waals surface area contributed by atoms with Crippen molar-refractivity contribution in [1.82, 2.24) is 0 Å². The number of allylic oxidation sites excluding steroid dienone is 1. The zero-order chi connectivity index (χ0) is 9.40. The van der Waals surface area contributed by atoms with Crippen LogP contribution in [0.2, 0.25) is 0 Å². The number of halogens is 1. The molecule has 0 aromatic carbocycles. The molecule has 70 valence electrons. The maximum atomic E-state index is 10.1. The molecular weight excluding hydrogens is 176 g/mol. The molecule has 12 heavy (non-hydrogen) atoms. The van der Waals surface area contributed by atoms with Gasteiger partial charge in [-0.2, -0.15) is 0 Å². The van der Waals surface area contributed by atoms with Gasteiger partial charge >= 0.3 is 5.97 Å². The number of aliphatic carboxylic acids is 1. The van der Waals surface area contributed by atoms with Crippen molar-refractivity contribution in [2.45, 2.75) is 39.0 Å². The molecule has 0 atom stereocenters. The highest BCUT2D eigenvalue weighted by molar-refractivity contribution is 6.29. The first-order valence-electron chi connectivity index (χ1n) is 4.23. The summed E-state index contributed by atoms with van der Waals surface area (Å²) in [5, 5.41) is 9.00. The topological polar surface area (TPSA) is 37.3 Å². The second kappa shape index (κ2) is 7.17. The van der Waals surface area contributed by atoms with E-state index in [-0.39, 0.29) is 6.42 Å². The Bertz CT molecular complexity index is 164. The minimum Gasteiger partial charge on any atom is -0.481 e. The van der Waals surface area contributed by atoms with Crippen LogP contribution in [-0.4, -0.2) is 11.1 Å². The van der Waals surface area contributed by atoms with Crippen molar-refractivity contribution in [3.8, 4) is 0 Å². The normalized spacial score (nSPS) is 11.7. The molecule has 0 aliphatic heterocycles. The van der Waals surface area contributed by atoms with Crippen LogP contribution in [0.3, 0.4) is 0 Å². The van der Waals surface area contributed by atoms with Crippen molar-refractivity contribution >= 4 is 17.6 Å². The van der Waals surface area contributed by atoms with E-state index >= 15 is 0 Å². The monoisotopic (exact) mass is 190 g/mol. The van der Waals surface area contributed by atoms with Crippen LogP contribution in [-0.2, 0) is 4.79 Å². The fourth-order valence-electron chi connectivity index (χ4n) is 0.844. The fraction of sp³-hybridized carbons (Fsp3) is 0.667. The van der Waals surface area contributed by atoms with Crippen molar-refractivity contribution in [3.63, 3.8) is 0 Å². The van der Waals surface area contributed by atoms with E-state index in [2.05, 4.69) is 6.92 Å². The largest absolute Gasteiger partial charge is 0.481 e. The van der Waals surface area contributed by atoms with E-state index < -0.39 is 5.97 Å².